The van der Waals surface area contributed by atoms with Gasteiger partial charge in [0.15, 0.2) is 5.69 Å². The predicted octanol–water partition coefficient (Wildman–Crippen LogP) is 1.33. The van der Waals surface area contributed by atoms with Gasteiger partial charge >= 0.3 is 0 Å². The van der Waals surface area contributed by atoms with E-state index in [4.69, 9.17) is 5.73 Å². The molecule has 1 fully saturated rings. The first kappa shape index (κ1) is 19.2. The molecule has 1 aliphatic carbocycles. The SMILES string of the molecule is CN(C(=O)c1ccc2c(c1)CCC2(C)C)C1CN(C(=O)c2cc(C(N)=O)n[nH]2)C1. The highest BCUT2D eigenvalue weighted by atomic mass is 16.2. The smallest absolute Gasteiger partial charge is 0.272 e. The van der Waals surface area contributed by atoms with E-state index in [1.807, 2.05) is 12.1 Å². The number of aromatic nitrogens is 2. The van der Waals surface area contributed by atoms with Crippen molar-refractivity contribution in [3.63, 3.8) is 0 Å². The van der Waals surface area contributed by atoms with E-state index in [1.54, 1.807) is 16.8 Å². The van der Waals surface area contributed by atoms with Crippen LogP contribution in [0.1, 0.15) is 62.7 Å². The summed E-state index contributed by atoms with van der Waals surface area (Å²) in [4.78, 5) is 39.8. The van der Waals surface area contributed by atoms with Crippen LogP contribution in [0.2, 0.25) is 0 Å². The van der Waals surface area contributed by atoms with E-state index in [2.05, 4.69) is 30.1 Å². The van der Waals surface area contributed by atoms with Gasteiger partial charge in [-0.15, -0.1) is 0 Å². The summed E-state index contributed by atoms with van der Waals surface area (Å²) >= 11 is 0. The molecule has 29 heavy (non-hydrogen) atoms. The fourth-order valence-corrected chi connectivity index (χ4v) is 4.14. The summed E-state index contributed by atoms with van der Waals surface area (Å²) < 4.78 is 0. The minimum atomic E-state index is -0.690. The first-order valence-electron chi connectivity index (χ1n) is 9.72. The van der Waals surface area contributed by atoms with Crippen LogP contribution in [0.25, 0.3) is 0 Å². The van der Waals surface area contributed by atoms with E-state index in [0.29, 0.717) is 18.7 Å². The van der Waals surface area contributed by atoms with Crippen LogP contribution in [-0.4, -0.2) is 63.9 Å². The number of carbonyl (C=O) groups is 3. The number of H-pyrrole nitrogens is 1. The first-order valence-corrected chi connectivity index (χ1v) is 9.72. The second-order valence-corrected chi connectivity index (χ2v) is 8.57. The molecule has 2 aliphatic rings. The number of hydrogen-bond donors (Lipinski definition) is 2. The van der Waals surface area contributed by atoms with Gasteiger partial charge in [0.25, 0.3) is 17.7 Å². The molecule has 3 amide bonds. The lowest BCUT2D eigenvalue weighted by Crippen LogP contribution is -2.61. The number of aryl methyl sites for hydroxylation is 1. The summed E-state index contributed by atoms with van der Waals surface area (Å²) in [5, 5.41) is 6.26. The van der Waals surface area contributed by atoms with Crippen LogP contribution in [0.3, 0.4) is 0 Å². The molecule has 8 heteroatoms. The van der Waals surface area contributed by atoms with Gasteiger partial charge in [-0.3, -0.25) is 19.5 Å². The maximum absolute atomic E-state index is 12.9. The third kappa shape index (κ3) is 3.28. The van der Waals surface area contributed by atoms with E-state index in [0.717, 1.165) is 12.8 Å². The maximum atomic E-state index is 12.9. The molecule has 0 bridgehead atoms. The number of benzene rings is 1. The molecule has 2 aromatic rings. The van der Waals surface area contributed by atoms with Gasteiger partial charge in [-0.2, -0.15) is 5.10 Å². The number of likely N-dealkylation sites (N-methyl/N-ethyl adjacent to an activating group) is 1. The van der Waals surface area contributed by atoms with Gasteiger partial charge in [-0.05, 0) is 41.5 Å². The van der Waals surface area contributed by atoms with Crippen LogP contribution < -0.4 is 5.73 Å². The van der Waals surface area contributed by atoms with Crippen LogP contribution in [0.4, 0.5) is 0 Å². The lowest BCUT2D eigenvalue weighted by atomic mass is 9.86. The molecule has 1 aromatic carbocycles. The van der Waals surface area contributed by atoms with Crippen LogP contribution in [-0.2, 0) is 11.8 Å². The number of carbonyl (C=O) groups excluding carboxylic acids is 3. The van der Waals surface area contributed by atoms with Crippen molar-refractivity contribution in [1.82, 2.24) is 20.0 Å². The fraction of sp³-hybridized carbons (Fsp3) is 0.429. The Morgan fingerprint density at radius 3 is 2.62 bits per heavy atom. The Hall–Kier alpha value is -3.16. The number of aromatic amines is 1. The summed E-state index contributed by atoms with van der Waals surface area (Å²) in [6.45, 7) is 5.34. The second-order valence-electron chi connectivity index (χ2n) is 8.57. The third-order valence-corrected chi connectivity index (χ3v) is 6.18. The Kier molecular flexibility index (Phi) is 4.44. The number of fused-ring (bicyclic) bond motifs is 1. The normalized spacial score (nSPS) is 17.6. The molecule has 0 atom stereocenters. The number of nitrogens with zero attached hydrogens (tertiary/aromatic N) is 3. The highest BCUT2D eigenvalue weighted by Gasteiger charge is 2.37. The summed E-state index contributed by atoms with van der Waals surface area (Å²) in [5.74, 6) is -0.987. The Morgan fingerprint density at radius 2 is 1.97 bits per heavy atom. The molecule has 1 saturated heterocycles. The second kappa shape index (κ2) is 6.72. The van der Waals surface area contributed by atoms with Gasteiger partial charge in [0.2, 0.25) is 0 Å². The number of likely N-dealkylation sites (tertiary alicyclic amines) is 1. The Balaban J connectivity index is 1.39. The van der Waals surface area contributed by atoms with E-state index < -0.39 is 5.91 Å². The molecule has 0 saturated carbocycles. The standard InChI is InChI=1S/C21H25N5O3/c1-21(2)7-6-12-8-13(4-5-15(12)21)19(28)25(3)14-10-26(11-14)20(29)17-9-16(18(22)27)23-24-17/h4-5,8-9,14H,6-7,10-11H2,1-3H3,(H2,22,27)(H,23,24). The zero-order chi connectivity index (χ0) is 20.9. The van der Waals surface area contributed by atoms with E-state index in [-0.39, 0.29) is 34.7 Å². The molecule has 1 aromatic heterocycles. The van der Waals surface area contributed by atoms with Gasteiger partial charge in [0, 0.05) is 31.8 Å². The molecule has 0 radical (unpaired) electrons. The zero-order valence-corrected chi connectivity index (χ0v) is 16.9. The van der Waals surface area contributed by atoms with Crippen molar-refractivity contribution in [3.8, 4) is 0 Å². The number of rotatable bonds is 4. The summed E-state index contributed by atoms with van der Waals surface area (Å²) in [6, 6.07) is 7.30. The van der Waals surface area contributed by atoms with E-state index in [9.17, 15) is 14.4 Å². The quantitative estimate of drug-likeness (QED) is 0.813. The monoisotopic (exact) mass is 395 g/mol. The lowest BCUT2D eigenvalue weighted by molar-refractivity contribution is 0.0293. The fourth-order valence-electron chi connectivity index (χ4n) is 4.14. The van der Waals surface area contributed by atoms with Crippen molar-refractivity contribution in [3.05, 3.63) is 52.3 Å². The molecule has 2 heterocycles. The minimum absolute atomic E-state index is 0.0255. The van der Waals surface area contributed by atoms with Crippen molar-refractivity contribution in [1.29, 1.82) is 0 Å². The summed E-state index contributed by atoms with van der Waals surface area (Å²) in [6.07, 6.45) is 2.09. The molecular formula is C21H25N5O3. The Bertz CT molecular complexity index is 1000. The highest BCUT2D eigenvalue weighted by Crippen LogP contribution is 2.38. The third-order valence-electron chi connectivity index (χ3n) is 6.18. The molecule has 1 aliphatic heterocycles. The van der Waals surface area contributed by atoms with Crippen LogP contribution in [0, 0.1) is 0 Å². The Morgan fingerprint density at radius 1 is 1.24 bits per heavy atom. The average molecular weight is 395 g/mol. The molecule has 4 rings (SSSR count). The number of hydrogen-bond acceptors (Lipinski definition) is 4. The molecule has 3 N–H and O–H groups in total. The van der Waals surface area contributed by atoms with Crippen molar-refractivity contribution >= 4 is 17.7 Å². The van der Waals surface area contributed by atoms with Crippen LogP contribution >= 0.6 is 0 Å². The average Bonchev–Trinajstić information content (AvgIpc) is 3.25. The van der Waals surface area contributed by atoms with Crippen molar-refractivity contribution < 1.29 is 14.4 Å². The summed E-state index contributed by atoms with van der Waals surface area (Å²) in [7, 11) is 1.77. The Labute approximate surface area is 169 Å². The maximum Gasteiger partial charge on any atom is 0.272 e. The van der Waals surface area contributed by atoms with E-state index >= 15 is 0 Å². The first-order chi connectivity index (χ1) is 13.7. The van der Waals surface area contributed by atoms with E-state index in [1.165, 1.54) is 17.2 Å². The van der Waals surface area contributed by atoms with Gasteiger partial charge in [-0.25, -0.2) is 0 Å². The van der Waals surface area contributed by atoms with Crippen molar-refractivity contribution in [2.75, 3.05) is 20.1 Å². The number of nitrogens with two attached hydrogens (primary N) is 1. The zero-order valence-electron chi connectivity index (χ0n) is 16.9. The minimum Gasteiger partial charge on any atom is -0.364 e. The lowest BCUT2D eigenvalue weighted by Gasteiger charge is -2.43. The van der Waals surface area contributed by atoms with Gasteiger partial charge in [0.1, 0.15) is 5.69 Å². The largest absolute Gasteiger partial charge is 0.364 e. The molecule has 8 nitrogen and oxygen atoms in total. The van der Waals surface area contributed by atoms with Gasteiger partial charge in [-0.1, -0.05) is 19.9 Å². The topological polar surface area (TPSA) is 112 Å². The van der Waals surface area contributed by atoms with Gasteiger partial charge < -0.3 is 15.5 Å². The van der Waals surface area contributed by atoms with Crippen molar-refractivity contribution in [2.45, 2.75) is 38.1 Å². The van der Waals surface area contributed by atoms with Crippen LogP contribution in [0.15, 0.2) is 24.3 Å². The molecule has 0 unspecified atom stereocenters. The van der Waals surface area contributed by atoms with Crippen LogP contribution in [0.5, 0.6) is 0 Å². The predicted molar refractivity (Wildman–Crippen MR) is 107 cm³/mol. The number of nitrogens with one attached hydrogen (secondary N) is 1. The molecular weight excluding hydrogens is 370 g/mol. The van der Waals surface area contributed by atoms with Crippen molar-refractivity contribution in [2.24, 2.45) is 5.73 Å². The molecule has 152 valence electrons. The highest BCUT2D eigenvalue weighted by molar-refractivity contribution is 5.98. The summed E-state index contributed by atoms with van der Waals surface area (Å²) in [5.41, 5.74) is 8.83. The van der Waals surface area contributed by atoms with Gasteiger partial charge in [0.05, 0.1) is 6.04 Å². The molecule has 0 spiro atoms. The number of amides is 3. The number of primary amides is 1.